The summed E-state index contributed by atoms with van der Waals surface area (Å²) in [6.45, 7) is 2.36. The van der Waals surface area contributed by atoms with E-state index in [4.69, 9.17) is 0 Å². The van der Waals surface area contributed by atoms with Crippen molar-refractivity contribution in [2.45, 2.75) is 64.0 Å². The van der Waals surface area contributed by atoms with Crippen LogP contribution < -0.4 is 10.6 Å². The predicted molar refractivity (Wildman–Crippen MR) is 115 cm³/mol. The van der Waals surface area contributed by atoms with Gasteiger partial charge in [-0.15, -0.1) is 0 Å². The van der Waals surface area contributed by atoms with Crippen LogP contribution in [0.2, 0.25) is 0 Å². The third-order valence-corrected chi connectivity index (χ3v) is 6.56. The summed E-state index contributed by atoms with van der Waals surface area (Å²) in [4.78, 5) is 41.6. The average molecular weight is 429 g/mol. The monoisotopic (exact) mass is 428 g/mol. The van der Waals surface area contributed by atoms with E-state index in [1.807, 2.05) is 0 Å². The van der Waals surface area contributed by atoms with Crippen molar-refractivity contribution in [3.63, 3.8) is 0 Å². The van der Waals surface area contributed by atoms with Crippen molar-refractivity contribution >= 4 is 28.7 Å². The molecule has 1 saturated carbocycles. The van der Waals surface area contributed by atoms with Gasteiger partial charge in [-0.1, -0.05) is 19.8 Å². The molecule has 1 aromatic heterocycles. The number of aromatic nitrogens is 1. The number of aromatic amines is 1. The van der Waals surface area contributed by atoms with E-state index in [2.05, 4.69) is 22.5 Å². The Morgan fingerprint density at radius 1 is 1.26 bits per heavy atom. The van der Waals surface area contributed by atoms with Crippen LogP contribution in [0, 0.1) is 11.7 Å². The molecule has 4 amide bonds. The Morgan fingerprint density at radius 2 is 2.06 bits per heavy atom. The largest absolute Gasteiger partial charge is 0.361 e. The summed E-state index contributed by atoms with van der Waals surface area (Å²) in [5.41, 5.74) is 1.66. The maximum atomic E-state index is 13.6. The number of halogens is 1. The first kappa shape index (κ1) is 21.3. The van der Waals surface area contributed by atoms with Gasteiger partial charge in [-0.2, -0.15) is 0 Å². The van der Waals surface area contributed by atoms with Crippen LogP contribution in [0.4, 0.5) is 9.18 Å². The second-order valence-corrected chi connectivity index (χ2v) is 8.72. The molecule has 1 aliphatic carbocycles. The third-order valence-electron chi connectivity index (χ3n) is 6.56. The van der Waals surface area contributed by atoms with E-state index < -0.39 is 12.1 Å². The Kier molecular flexibility index (Phi) is 6.25. The van der Waals surface area contributed by atoms with Gasteiger partial charge in [0.2, 0.25) is 5.91 Å². The first-order valence-electron chi connectivity index (χ1n) is 11.1. The zero-order valence-electron chi connectivity index (χ0n) is 17.7. The number of imide groups is 1. The molecule has 2 aliphatic rings. The second-order valence-electron chi connectivity index (χ2n) is 8.72. The van der Waals surface area contributed by atoms with Crippen molar-refractivity contribution in [2.24, 2.45) is 5.92 Å². The lowest BCUT2D eigenvalue weighted by atomic mass is 9.86. The minimum absolute atomic E-state index is 0.0694. The molecule has 1 aliphatic heterocycles. The number of carbonyl (C=O) groups is 3. The van der Waals surface area contributed by atoms with Gasteiger partial charge in [-0.3, -0.25) is 14.5 Å². The quantitative estimate of drug-likeness (QED) is 0.591. The number of fused-ring (bicyclic) bond motifs is 1. The zero-order chi connectivity index (χ0) is 22.0. The molecule has 3 atom stereocenters. The van der Waals surface area contributed by atoms with Crippen LogP contribution in [-0.4, -0.2) is 46.4 Å². The summed E-state index contributed by atoms with van der Waals surface area (Å²) in [7, 11) is 0. The van der Waals surface area contributed by atoms with Gasteiger partial charge in [0, 0.05) is 36.1 Å². The van der Waals surface area contributed by atoms with Gasteiger partial charge in [-0.05, 0) is 55.4 Å². The smallest absolute Gasteiger partial charge is 0.324 e. The first-order valence-corrected chi connectivity index (χ1v) is 11.1. The van der Waals surface area contributed by atoms with E-state index in [1.165, 1.54) is 23.5 Å². The fourth-order valence-electron chi connectivity index (χ4n) is 4.66. The minimum Gasteiger partial charge on any atom is -0.361 e. The summed E-state index contributed by atoms with van der Waals surface area (Å²) in [6.07, 6.45) is 7.15. The van der Waals surface area contributed by atoms with Crippen molar-refractivity contribution in [3.8, 4) is 0 Å². The first-order chi connectivity index (χ1) is 14.9. The van der Waals surface area contributed by atoms with Crippen molar-refractivity contribution in [3.05, 3.63) is 35.8 Å². The van der Waals surface area contributed by atoms with Crippen LogP contribution in [-0.2, 0) is 16.0 Å². The molecule has 4 rings (SSSR count). The maximum Gasteiger partial charge on any atom is 0.324 e. The lowest BCUT2D eigenvalue weighted by Gasteiger charge is -2.29. The number of hydrogen-bond acceptors (Lipinski definition) is 3. The number of carbonyl (C=O) groups excluding carboxylic acids is 3. The normalized spacial score (nSPS) is 23.9. The Bertz CT molecular complexity index is 988. The van der Waals surface area contributed by atoms with E-state index in [0.717, 1.165) is 35.7 Å². The molecule has 1 saturated heterocycles. The lowest BCUT2D eigenvalue weighted by molar-refractivity contribution is -0.127. The SMILES string of the molecule is C[C@H]1CCCC[C@H]1NC(=O)CC[C@@H]1NC(=O)N(CCc2c[nH]c3ccc(F)cc23)C1=O. The number of H-pyrrole nitrogens is 1. The Hall–Kier alpha value is -2.90. The van der Waals surface area contributed by atoms with Gasteiger partial charge in [0.15, 0.2) is 0 Å². The molecule has 0 unspecified atom stereocenters. The number of nitrogens with zero attached hydrogens (tertiary/aromatic N) is 1. The number of rotatable bonds is 7. The van der Waals surface area contributed by atoms with Gasteiger partial charge in [0.25, 0.3) is 5.91 Å². The molecule has 8 heteroatoms. The molecule has 2 fully saturated rings. The van der Waals surface area contributed by atoms with Crippen molar-refractivity contribution in [1.82, 2.24) is 20.5 Å². The molecule has 166 valence electrons. The van der Waals surface area contributed by atoms with Crippen molar-refractivity contribution in [2.75, 3.05) is 6.54 Å². The zero-order valence-corrected chi connectivity index (χ0v) is 17.7. The Balaban J connectivity index is 1.29. The maximum absolute atomic E-state index is 13.6. The third kappa shape index (κ3) is 4.73. The van der Waals surface area contributed by atoms with Gasteiger partial charge in [0.1, 0.15) is 11.9 Å². The number of benzene rings is 1. The molecular weight excluding hydrogens is 399 g/mol. The standard InChI is InChI=1S/C23H29FN4O3/c1-14-4-2-3-5-18(14)26-21(29)9-8-20-22(30)28(23(31)27-20)11-10-15-13-25-19-7-6-16(24)12-17(15)19/h6-7,12-14,18,20,25H,2-5,8-11H2,1H3,(H,26,29)(H,27,31)/t14-,18+,20-/m0/s1. The molecule has 7 nitrogen and oxygen atoms in total. The van der Waals surface area contributed by atoms with Crippen LogP contribution in [0.5, 0.6) is 0 Å². The summed E-state index contributed by atoms with van der Waals surface area (Å²) in [5, 5.41) is 6.52. The van der Waals surface area contributed by atoms with Gasteiger partial charge < -0.3 is 15.6 Å². The second kappa shape index (κ2) is 9.08. The summed E-state index contributed by atoms with van der Waals surface area (Å²) in [5.74, 6) is -0.238. The molecule has 0 spiro atoms. The topological polar surface area (TPSA) is 94.3 Å². The highest BCUT2D eigenvalue weighted by molar-refractivity contribution is 6.04. The Morgan fingerprint density at radius 3 is 2.87 bits per heavy atom. The highest BCUT2D eigenvalue weighted by atomic mass is 19.1. The van der Waals surface area contributed by atoms with Gasteiger partial charge in [-0.25, -0.2) is 9.18 Å². The highest BCUT2D eigenvalue weighted by Gasteiger charge is 2.37. The van der Waals surface area contributed by atoms with Crippen LogP contribution in [0.1, 0.15) is 51.0 Å². The summed E-state index contributed by atoms with van der Waals surface area (Å²) >= 11 is 0. The van der Waals surface area contributed by atoms with E-state index in [9.17, 15) is 18.8 Å². The fourth-order valence-corrected chi connectivity index (χ4v) is 4.66. The number of urea groups is 1. The lowest BCUT2D eigenvalue weighted by Crippen LogP contribution is -2.41. The molecule has 2 heterocycles. The highest BCUT2D eigenvalue weighted by Crippen LogP contribution is 2.24. The number of amides is 4. The van der Waals surface area contributed by atoms with E-state index in [-0.39, 0.29) is 43.1 Å². The van der Waals surface area contributed by atoms with Crippen LogP contribution in [0.15, 0.2) is 24.4 Å². The van der Waals surface area contributed by atoms with E-state index in [1.54, 1.807) is 12.3 Å². The van der Waals surface area contributed by atoms with Crippen LogP contribution in [0.3, 0.4) is 0 Å². The molecule has 3 N–H and O–H groups in total. The summed E-state index contributed by atoms with van der Waals surface area (Å²) in [6, 6.07) is 3.58. The average Bonchev–Trinajstić information content (AvgIpc) is 3.26. The summed E-state index contributed by atoms with van der Waals surface area (Å²) < 4.78 is 13.6. The molecular formula is C23H29FN4O3. The van der Waals surface area contributed by atoms with Crippen molar-refractivity contribution < 1.29 is 18.8 Å². The van der Waals surface area contributed by atoms with Crippen LogP contribution in [0.25, 0.3) is 10.9 Å². The molecule has 31 heavy (non-hydrogen) atoms. The number of nitrogens with one attached hydrogen (secondary N) is 3. The molecule has 0 radical (unpaired) electrons. The minimum atomic E-state index is -0.678. The van der Waals surface area contributed by atoms with Crippen LogP contribution >= 0.6 is 0 Å². The van der Waals surface area contributed by atoms with Gasteiger partial charge >= 0.3 is 6.03 Å². The molecule has 1 aromatic carbocycles. The molecule has 2 aromatic rings. The fraction of sp³-hybridized carbons (Fsp3) is 0.522. The van der Waals surface area contributed by atoms with Crippen molar-refractivity contribution in [1.29, 1.82) is 0 Å². The molecule has 0 bridgehead atoms. The van der Waals surface area contributed by atoms with E-state index >= 15 is 0 Å². The predicted octanol–water partition coefficient (Wildman–Crippen LogP) is 3.25. The van der Waals surface area contributed by atoms with Gasteiger partial charge in [0.05, 0.1) is 0 Å². The number of hydrogen-bond donors (Lipinski definition) is 3. The Labute approximate surface area is 180 Å². The van der Waals surface area contributed by atoms with E-state index in [0.29, 0.717) is 12.3 Å².